The molecule has 1 aromatic rings. The van der Waals surface area contributed by atoms with E-state index >= 15 is 0 Å². The van der Waals surface area contributed by atoms with Crippen LogP contribution in [-0.2, 0) is 9.59 Å². The van der Waals surface area contributed by atoms with Crippen molar-refractivity contribution >= 4 is 46.3 Å². The van der Waals surface area contributed by atoms with Crippen molar-refractivity contribution in [3.05, 3.63) is 28.7 Å². The Labute approximate surface area is 142 Å². The third kappa shape index (κ3) is 4.23. The Morgan fingerprint density at radius 2 is 2.22 bits per heavy atom. The zero-order chi connectivity index (χ0) is 17.0. The second kappa shape index (κ2) is 7.47. The van der Waals surface area contributed by atoms with E-state index in [1.165, 1.54) is 29.8 Å². The number of ether oxygens (including phenoxy) is 1. The number of benzene rings is 1. The fourth-order valence-electron chi connectivity index (χ4n) is 2.02. The first-order valence-corrected chi connectivity index (χ1v) is 7.99. The van der Waals surface area contributed by atoms with E-state index in [0.717, 1.165) is 0 Å². The zero-order valence-corrected chi connectivity index (χ0v) is 13.9. The van der Waals surface area contributed by atoms with Crippen molar-refractivity contribution in [3.8, 4) is 11.5 Å². The van der Waals surface area contributed by atoms with Crippen LogP contribution in [0.3, 0.4) is 0 Å². The number of carboxylic acid groups (broad SMARTS) is 1. The molecule has 1 fully saturated rings. The lowest BCUT2D eigenvalue weighted by Gasteiger charge is -2.13. The molecule has 1 saturated heterocycles. The van der Waals surface area contributed by atoms with Gasteiger partial charge in [-0.3, -0.25) is 14.5 Å². The molecule has 0 bridgehead atoms. The first-order chi connectivity index (χ1) is 10.9. The molecule has 0 aromatic heterocycles. The molecule has 1 heterocycles. The molecular weight excluding hydrogens is 338 g/mol. The molecule has 8 heteroatoms. The molecule has 1 amide bonds. The van der Waals surface area contributed by atoms with Crippen LogP contribution in [-0.4, -0.2) is 45.0 Å². The molecule has 0 atom stereocenters. The minimum Gasteiger partial charge on any atom is -0.504 e. The Kier molecular flexibility index (Phi) is 5.62. The maximum absolute atomic E-state index is 12.3. The van der Waals surface area contributed by atoms with Gasteiger partial charge in [0.2, 0.25) is 0 Å². The molecule has 2 N–H and O–H groups in total. The maximum Gasteiger partial charge on any atom is 0.303 e. The molecule has 6 nitrogen and oxygen atoms in total. The monoisotopic (exact) mass is 353 g/mol. The number of phenols is 1. The molecule has 0 radical (unpaired) electrons. The van der Waals surface area contributed by atoms with Gasteiger partial charge in [0.15, 0.2) is 11.5 Å². The summed E-state index contributed by atoms with van der Waals surface area (Å²) in [4.78, 5) is 24.7. The number of rotatable bonds is 6. The molecular formula is C15H15NO5S2. The minimum absolute atomic E-state index is 0.00866. The Morgan fingerprint density at radius 1 is 1.48 bits per heavy atom. The van der Waals surface area contributed by atoms with Gasteiger partial charge in [-0.2, -0.15) is 0 Å². The number of aromatic hydroxyl groups is 1. The van der Waals surface area contributed by atoms with Gasteiger partial charge < -0.3 is 14.9 Å². The number of thiocarbonyl (C=S) groups is 1. The molecule has 0 spiro atoms. The van der Waals surface area contributed by atoms with Crippen LogP contribution in [0.1, 0.15) is 18.4 Å². The number of carbonyl (C=O) groups excluding carboxylic acids is 1. The average Bonchev–Trinajstić information content (AvgIpc) is 2.76. The zero-order valence-electron chi connectivity index (χ0n) is 12.3. The number of carbonyl (C=O) groups is 2. The first-order valence-electron chi connectivity index (χ1n) is 6.76. The van der Waals surface area contributed by atoms with Crippen LogP contribution >= 0.6 is 24.0 Å². The highest BCUT2D eigenvalue weighted by Crippen LogP contribution is 2.34. The third-order valence-electron chi connectivity index (χ3n) is 3.15. The highest BCUT2D eigenvalue weighted by atomic mass is 32.2. The quantitative estimate of drug-likeness (QED) is 0.600. The van der Waals surface area contributed by atoms with E-state index < -0.39 is 5.97 Å². The van der Waals surface area contributed by atoms with Gasteiger partial charge in [0.1, 0.15) is 4.32 Å². The van der Waals surface area contributed by atoms with Crippen LogP contribution in [0.4, 0.5) is 0 Å². The van der Waals surface area contributed by atoms with Gasteiger partial charge in [-0.1, -0.05) is 30.0 Å². The minimum atomic E-state index is -0.901. The molecule has 23 heavy (non-hydrogen) atoms. The molecule has 0 unspecified atom stereocenters. The number of thioether (sulfide) groups is 1. The molecule has 1 aliphatic rings. The first kappa shape index (κ1) is 17.3. The van der Waals surface area contributed by atoms with Crippen molar-refractivity contribution in [1.82, 2.24) is 4.90 Å². The summed E-state index contributed by atoms with van der Waals surface area (Å²) in [5, 5.41) is 18.2. The average molecular weight is 353 g/mol. The Bertz CT molecular complexity index is 686. The van der Waals surface area contributed by atoms with Crippen molar-refractivity contribution in [2.45, 2.75) is 12.8 Å². The van der Waals surface area contributed by atoms with Crippen LogP contribution in [0.15, 0.2) is 23.1 Å². The maximum atomic E-state index is 12.3. The third-order valence-corrected chi connectivity index (χ3v) is 4.53. The van der Waals surface area contributed by atoms with Crippen LogP contribution in [0.5, 0.6) is 11.5 Å². The number of phenolic OH excluding ortho intramolecular Hbond substituents is 1. The summed E-state index contributed by atoms with van der Waals surface area (Å²) >= 11 is 6.35. The summed E-state index contributed by atoms with van der Waals surface area (Å²) in [6.45, 7) is 0.285. The molecule has 122 valence electrons. The topological polar surface area (TPSA) is 87.1 Å². The highest BCUT2D eigenvalue weighted by molar-refractivity contribution is 8.26. The van der Waals surface area contributed by atoms with E-state index in [1.807, 2.05) is 0 Å². The summed E-state index contributed by atoms with van der Waals surface area (Å²) in [6, 6.07) is 4.76. The summed E-state index contributed by atoms with van der Waals surface area (Å²) in [6.07, 6.45) is 2.01. The smallest absolute Gasteiger partial charge is 0.303 e. The lowest BCUT2D eigenvalue weighted by Crippen LogP contribution is -2.29. The van der Waals surface area contributed by atoms with E-state index in [9.17, 15) is 14.7 Å². The number of carboxylic acids is 1. The standard InChI is InChI=1S/C15H15NO5S2/c1-21-11-7-9(4-5-10(11)17)8-12-14(20)16(15(22)23-12)6-2-3-13(18)19/h4-5,7-8,17H,2-3,6H2,1H3,(H,18,19)/b12-8-. The second-order valence-corrected chi connectivity index (χ2v) is 6.44. The van der Waals surface area contributed by atoms with Gasteiger partial charge >= 0.3 is 5.97 Å². The van der Waals surface area contributed by atoms with Crippen molar-refractivity contribution in [2.24, 2.45) is 0 Å². The van der Waals surface area contributed by atoms with E-state index in [0.29, 0.717) is 27.0 Å². The Hall–Kier alpha value is -2.06. The molecule has 0 saturated carbocycles. The normalized spacial score (nSPS) is 16.2. The number of amides is 1. The van der Waals surface area contributed by atoms with Gasteiger partial charge in [-0.15, -0.1) is 0 Å². The summed E-state index contributed by atoms with van der Waals surface area (Å²) in [5.74, 6) is -0.804. The Balaban J connectivity index is 2.13. The SMILES string of the molecule is COc1cc(/C=C2\SC(=S)N(CCCC(=O)O)C2=O)ccc1O. The number of methoxy groups -OCH3 is 1. The molecule has 1 aromatic carbocycles. The van der Waals surface area contributed by atoms with E-state index in [-0.39, 0.29) is 24.6 Å². The predicted octanol–water partition coefficient (Wildman–Crippen LogP) is 2.47. The van der Waals surface area contributed by atoms with Gasteiger partial charge in [0.05, 0.1) is 12.0 Å². The van der Waals surface area contributed by atoms with Crippen molar-refractivity contribution in [2.75, 3.05) is 13.7 Å². The lowest BCUT2D eigenvalue weighted by molar-refractivity contribution is -0.137. The van der Waals surface area contributed by atoms with Crippen LogP contribution in [0, 0.1) is 0 Å². The van der Waals surface area contributed by atoms with Crippen LogP contribution < -0.4 is 4.74 Å². The number of hydrogen-bond acceptors (Lipinski definition) is 6. The highest BCUT2D eigenvalue weighted by Gasteiger charge is 2.31. The van der Waals surface area contributed by atoms with Crippen molar-refractivity contribution in [1.29, 1.82) is 0 Å². The van der Waals surface area contributed by atoms with Crippen molar-refractivity contribution < 1.29 is 24.5 Å². The summed E-state index contributed by atoms with van der Waals surface area (Å²) in [5.41, 5.74) is 0.700. The second-order valence-electron chi connectivity index (χ2n) is 4.76. The molecule has 1 aliphatic heterocycles. The molecule has 0 aliphatic carbocycles. The Morgan fingerprint density at radius 3 is 2.87 bits per heavy atom. The molecule has 2 rings (SSSR count). The predicted molar refractivity (Wildman–Crippen MR) is 91.4 cm³/mol. The van der Waals surface area contributed by atoms with Gasteiger partial charge in [-0.25, -0.2) is 0 Å². The van der Waals surface area contributed by atoms with Crippen molar-refractivity contribution in [3.63, 3.8) is 0 Å². The summed E-state index contributed by atoms with van der Waals surface area (Å²) in [7, 11) is 1.45. The van der Waals surface area contributed by atoms with Crippen LogP contribution in [0.25, 0.3) is 6.08 Å². The van der Waals surface area contributed by atoms with E-state index in [2.05, 4.69) is 0 Å². The number of nitrogens with zero attached hydrogens (tertiary/aromatic N) is 1. The van der Waals surface area contributed by atoms with Gasteiger partial charge in [-0.05, 0) is 30.2 Å². The fourth-order valence-corrected chi connectivity index (χ4v) is 3.33. The number of hydrogen-bond donors (Lipinski definition) is 2. The van der Waals surface area contributed by atoms with E-state index in [4.69, 9.17) is 22.1 Å². The lowest BCUT2D eigenvalue weighted by atomic mass is 10.2. The van der Waals surface area contributed by atoms with Gasteiger partial charge in [0, 0.05) is 13.0 Å². The van der Waals surface area contributed by atoms with Crippen LogP contribution in [0.2, 0.25) is 0 Å². The van der Waals surface area contributed by atoms with Gasteiger partial charge in [0.25, 0.3) is 5.91 Å². The fraction of sp³-hybridized carbons (Fsp3) is 0.267. The van der Waals surface area contributed by atoms with E-state index in [1.54, 1.807) is 18.2 Å². The largest absolute Gasteiger partial charge is 0.504 e. The summed E-state index contributed by atoms with van der Waals surface area (Å²) < 4.78 is 5.45. The number of aliphatic carboxylic acids is 1.